The quantitative estimate of drug-likeness (QED) is 0.168. The van der Waals surface area contributed by atoms with Gasteiger partial charge in [0, 0.05) is 5.70 Å². The summed E-state index contributed by atoms with van der Waals surface area (Å²) >= 11 is 0. The van der Waals surface area contributed by atoms with Crippen LogP contribution in [0.15, 0.2) is 85.2 Å². The van der Waals surface area contributed by atoms with E-state index < -0.39 is 6.03 Å². The van der Waals surface area contributed by atoms with Crippen LogP contribution < -0.4 is 11.1 Å². The van der Waals surface area contributed by atoms with E-state index in [9.17, 15) is 4.79 Å². The molecule has 0 aliphatic rings. The monoisotopic (exact) mass is 382 g/mol. The molecule has 28 heavy (non-hydrogen) atoms. The zero-order valence-corrected chi connectivity index (χ0v) is 17.7. The summed E-state index contributed by atoms with van der Waals surface area (Å²) in [6.07, 6.45) is 15.3. The molecule has 0 aliphatic heterocycles. The molecule has 2 amide bonds. The summed E-state index contributed by atoms with van der Waals surface area (Å²) in [6.45, 7) is 26.1. The Labute approximate surface area is 172 Å². The predicted molar refractivity (Wildman–Crippen MR) is 124 cm³/mol. The third-order valence-electron chi connectivity index (χ3n) is 4.66. The Kier molecular flexibility index (Phi) is 13.2. The Balaban J connectivity index is 4.24. The van der Waals surface area contributed by atoms with Gasteiger partial charge in [-0.1, -0.05) is 90.7 Å². The lowest BCUT2D eigenvalue weighted by molar-refractivity contribution is 0.251. The minimum atomic E-state index is -0.694. The zero-order chi connectivity index (χ0) is 21.5. The van der Waals surface area contributed by atoms with Crippen molar-refractivity contribution < 1.29 is 4.79 Å². The van der Waals surface area contributed by atoms with E-state index in [1.807, 2.05) is 0 Å². The van der Waals surface area contributed by atoms with Crippen molar-refractivity contribution in [3.8, 4) is 0 Å². The second-order valence-corrected chi connectivity index (χ2v) is 7.05. The van der Waals surface area contributed by atoms with Gasteiger partial charge >= 0.3 is 6.03 Å². The maximum Gasteiger partial charge on any atom is 0.316 e. The van der Waals surface area contributed by atoms with Gasteiger partial charge in [-0.2, -0.15) is 0 Å². The zero-order valence-electron chi connectivity index (χ0n) is 17.7. The number of hydrogen-bond acceptors (Lipinski definition) is 1. The molecule has 0 saturated carbocycles. The lowest BCUT2D eigenvalue weighted by atomic mass is 9.90. The fourth-order valence-electron chi connectivity index (χ4n) is 2.67. The van der Waals surface area contributed by atoms with E-state index in [-0.39, 0.29) is 0 Å². The molecule has 0 aromatic carbocycles. The molecule has 0 saturated heterocycles. The molecular weight excluding hydrogens is 344 g/mol. The Bertz CT molecular complexity index is 649. The molecule has 0 aliphatic carbocycles. The SMILES string of the molecule is C=C(CC/C=C\CCCCCCCC)C(=C)C(=C)C(=C)C(=C)C(=C)NC(N)=O. The molecule has 3 nitrogen and oxygen atoms in total. The fourth-order valence-corrected chi connectivity index (χ4v) is 2.67. The molecule has 0 spiro atoms. The van der Waals surface area contributed by atoms with Crippen molar-refractivity contribution in [1.82, 2.24) is 5.32 Å². The molecule has 0 bridgehead atoms. The molecule has 0 aromatic rings. The molecule has 0 fully saturated rings. The Hall–Kier alpha value is -2.55. The van der Waals surface area contributed by atoms with E-state index in [4.69, 9.17) is 5.73 Å². The number of carbonyl (C=O) groups is 1. The standard InChI is InChI=1S/C25H38N2O/c1-8-9-10-11-12-13-14-15-16-17-18-19(2)20(3)21(4)22(5)23(6)24(7)27-25(26)28/h15-16H,2-14,17-18H2,1H3,(H3,26,27,28)/b16-15-. The van der Waals surface area contributed by atoms with Crippen molar-refractivity contribution in [3.05, 3.63) is 85.2 Å². The smallest absolute Gasteiger partial charge is 0.316 e. The Morgan fingerprint density at radius 3 is 1.93 bits per heavy atom. The van der Waals surface area contributed by atoms with E-state index in [1.165, 1.54) is 38.5 Å². The van der Waals surface area contributed by atoms with Gasteiger partial charge in [-0.25, -0.2) is 4.79 Å². The van der Waals surface area contributed by atoms with Gasteiger partial charge in [0.25, 0.3) is 0 Å². The van der Waals surface area contributed by atoms with Crippen LogP contribution in [0.5, 0.6) is 0 Å². The van der Waals surface area contributed by atoms with Crippen LogP contribution in [0, 0.1) is 0 Å². The van der Waals surface area contributed by atoms with E-state index in [0.717, 1.165) is 30.4 Å². The number of nitrogens with two attached hydrogens (primary N) is 1. The minimum Gasteiger partial charge on any atom is -0.351 e. The number of carbonyl (C=O) groups excluding carboxylic acids is 1. The van der Waals surface area contributed by atoms with E-state index in [2.05, 4.69) is 63.9 Å². The molecular formula is C25H38N2O. The van der Waals surface area contributed by atoms with E-state index in [0.29, 0.717) is 22.4 Å². The summed E-state index contributed by atoms with van der Waals surface area (Å²) in [5.74, 6) is 0. The Morgan fingerprint density at radius 2 is 1.32 bits per heavy atom. The van der Waals surface area contributed by atoms with Crippen molar-refractivity contribution in [3.63, 3.8) is 0 Å². The van der Waals surface area contributed by atoms with Gasteiger partial charge < -0.3 is 11.1 Å². The Morgan fingerprint density at radius 1 is 0.786 bits per heavy atom. The fraction of sp³-hybridized carbons (Fsp3) is 0.400. The predicted octanol–water partition coefficient (Wildman–Crippen LogP) is 7.04. The summed E-state index contributed by atoms with van der Waals surface area (Å²) in [5.41, 5.74) is 8.72. The third kappa shape index (κ3) is 10.6. The first-order valence-corrected chi connectivity index (χ1v) is 10.1. The second-order valence-electron chi connectivity index (χ2n) is 7.05. The van der Waals surface area contributed by atoms with Crippen LogP contribution in [0.4, 0.5) is 4.79 Å². The highest BCUT2D eigenvalue weighted by atomic mass is 16.2. The summed E-state index contributed by atoms with van der Waals surface area (Å²) < 4.78 is 0. The maximum absolute atomic E-state index is 10.9. The molecule has 0 heterocycles. The van der Waals surface area contributed by atoms with Crippen molar-refractivity contribution in [1.29, 1.82) is 0 Å². The summed E-state index contributed by atoms with van der Waals surface area (Å²) in [4.78, 5) is 10.9. The average Bonchev–Trinajstić information content (AvgIpc) is 2.66. The van der Waals surface area contributed by atoms with Crippen LogP contribution in [0.1, 0.15) is 64.7 Å². The van der Waals surface area contributed by atoms with E-state index in [1.54, 1.807) is 0 Å². The van der Waals surface area contributed by atoms with Gasteiger partial charge in [0.2, 0.25) is 0 Å². The maximum atomic E-state index is 10.9. The van der Waals surface area contributed by atoms with Gasteiger partial charge in [0.1, 0.15) is 0 Å². The summed E-state index contributed by atoms with van der Waals surface area (Å²) in [5, 5.41) is 2.40. The summed E-state index contributed by atoms with van der Waals surface area (Å²) in [6, 6.07) is -0.694. The summed E-state index contributed by atoms with van der Waals surface area (Å²) in [7, 11) is 0. The van der Waals surface area contributed by atoms with Gasteiger partial charge in [-0.15, -0.1) is 0 Å². The largest absolute Gasteiger partial charge is 0.351 e. The molecule has 3 heteroatoms. The molecule has 3 N–H and O–H groups in total. The van der Waals surface area contributed by atoms with Gasteiger partial charge in [-0.05, 0) is 53.5 Å². The molecule has 0 atom stereocenters. The topological polar surface area (TPSA) is 55.1 Å². The highest BCUT2D eigenvalue weighted by molar-refractivity contribution is 5.76. The minimum absolute atomic E-state index is 0.301. The lowest BCUT2D eigenvalue weighted by Crippen LogP contribution is -2.29. The number of allylic oxidation sites excluding steroid dienone is 6. The van der Waals surface area contributed by atoms with E-state index >= 15 is 0 Å². The van der Waals surface area contributed by atoms with Crippen LogP contribution in [0.25, 0.3) is 0 Å². The van der Waals surface area contributed by atoms with Crippen LogP contribution >= 0.6 is 0 Å². The van der Waals surface area contributed by atoms with Crippen molar-refractivity contribution in [2.24, 2.45) is 5.73 Å². The number of hydrogen-bond donors (Lipinski definition) is 2. The lowest BCUT2D eigenvalue weighted by Gasteiger charge is -2.17. The van der Waals surface area contributed by atoms with Crippen molar-refractivity contribution in [2.75, 3.05) is 0 Å². The van der Waals surface area contributed by atoms with Crippen LogP contribution in [0.2, 0.25) is 0 Å². The molecule has 154 valence electrons. The first-order valence-electron chi connectivity index (χ1n) is 10.1. The van der Waals surface area contributed by atoms with Gasteiger partial charge in [0.15, 0.2) is 0 Å². The second kappa shape index (κ2) is 14.5. The number of amides is 2. The molecule has 0 rings (SSSR count). The average molecular weight is 383 g/mol. The first kappa shape index (κ1) is 25.4. The number of primary amides is 1. The normalized spacial score (nSPS) is 10.5. The first-order chi connectivity index (χ1) is 13.2. The van der Waals surface area contributed by atoms with Crippen molar-refractivity contribution >= 4 is 6.03 Å². The van der Waals surface area contributed by atoms with Gasteiger partial charge in [0.05, 0.1) is 0 Å². The number of unbranched alkanes of at least 4 members (excludes halogenated alkanes) is 6. The highest BCUT2D eigenvalue weighted by Crippen LogP contribution is 2.29. The van der Waals surface area contributed by atoms with Crippen LogP contribution in [-0.4, -0.2) is 6.03 Å². The molecule has 0 radical (unpaired) electrons. The number of nitrogens with one attached hydrogen (secondary N) is 1. The van der Waals surface area contributed by atoms with Gasteiger partial charge in [-0.3, -0.25) is 0 Å². The number of urea groups is 1. The number of rotatable bonds is 16. The van der Waals surface area contributed by atoms with Crippen LogP contribution in [0.3, 0.4) is 0 Å². The third-order valence-corrected chi connectivity index (χ3v) is 4.66. The molecule has 0 aromatic heterocycles. The highest BCUT2D eigenvalue weighted by Gasteiger charge is 2.13. The molecule has 0 unspecified atom stereocenters. The van der Waals surface area contributed by atoms with Crippen LogP contribution in [-0.2, 0) is 0 Å². The van der Waals surface area contributed by atoms with Crippen molar-refractivity contribution in [2.45, 2.75) is 64.7 Å².